The first-order valence-electron chi connectivity index (χ1n) is 9.00. The van der Waals surface area contributed by atoms with Crippen molar-refractivity contribution in [2.75, 3.05) is 18.4 Å². The number of carbonyl (C=O) groups is 3. The van der Waals surface area contributed by atoms with Crippen LogP contribution >= 0.6 is 0 Å². The Bertz CT molecular complexity index is 896. The topological polar surface area (TPSA) is 86.7 Å². The van der Waals surface area contributed by atoms with Gasteiger partial charge in [0, 0.05) is 31.1 Å². The van der Waals surface area contributed by atoms with E-state index < -0.39 is 17.8 Å². The Kier molecular flexibility index (Phi) is 4.39. The lowest BCUT2D eigenvalue weighted by atomic mass is 9.89. The van der Waals surface area contributed by atoms with E-state index in [1.807, 2.05) is 48.5 Å². The van der Waals surface area contributed by atoms with Gasteiger partial charge in [-0.05, 0) is 17.2 Å². The van der Waals surface area contributed by atoms with E-state index in [1.54, 1.807) is 11.0 Å². The minimum Gasteiger partial charge on any atom is -0.481 e. The molecule has 2 amide bonds. The summed E-state index contributed by atoms with van der Waals surface area (Å²) in [5.41, 5.74) is 2.36. The number of nitrogens with one attached hydrogen (secondary N) is 1. The van der Waals surface area contributed by atoms with Crippen molar-refractivity contribution in [2.45, 2.75) is 18.3 Å². The average Bonchev–Trinajstić information content (AvgIpc) is 3.13. The molecule has 0 spiro atoms. The number of hydrogen-bond acceptors (Lipinski definition) is 3. The summed E-state index contributed by atoms with van der Waals surface area (Å²) in [7, 11) is 0. The minimum absolute atomic E-state index is 0.0834. The number of amides is 2. The highest BCUT2D eigenvalue weighted by Gasteiger charge is 2.43. The zero-order valence-electron chi connectivity index (χ0n) is 14.7. The SMILES string of the molecule is O=C1CC(C(=O)N2C[C@H](c3ccccc3)[C@H](C(=O)O)C2)c2ccccc2N1. The van der Waals surface area contributed by atoms with Crippen LogP contribution in [0.3, 0.4) is 0 Å². The maximum Gasteiger partial charge on any atom is 0.308 e. The smallest absolute Gasteiger partial charge is 0.308 e. The first-order chi connectivity index (χ1) is 13.0. The Balaban J connectivity index is 1.61. The first-order valence-corrected chi connectivity index (χ1v) is 9.00. The lowest BCUT2D eigenvalue weighted by Gasteiger charge is -2.28. The number of fused-ring (bicyclic) bond motifs is 1. The molecule has 0 aliphatic carbocycles. The van der Waals surface area contributed by atoms with Crippen molar-refractivity contribution in [1.29, 1.82) is 0 Å². The molecule has 2 aliphatic heterocycles. The Morgan fingerprint density at radius 2 is 1.70 bits per heavy atom. The molecule has 1 saturated heterocycles. The van der Waals surface area contributed by atoms with Crippen molar-refractivity contribution >= 4 is 23.5 Å². The summed E-state index contributed by atoms with van der Waals surface area (Å²) in [5, 5.41) is 12.4. The van der Waals surface area contributed by atoms with E-state index in [0.717, 1.165) is 11.1 Å². The molecule has 6 heteroatoms. The van der Waals surface area contributed by atoms with Gasteiger partial charge in [0.05, 0.1) is 11.8 Å². The van der Waals surface area contributed by atoms with Crippen LogP contribution in [0.15, 0.2) is 54.6 Å². The van der Waals surface area contributed by atoms with Crippen molar-refractivity contribution < 1.29 is 19.5 Å². The van der Waals surface area contributed by atoms with Crippen LogP contribution in [0, 0.1) is 5.92 Å². The molecule has 0 bridgehead atoms. The number of nitrogens with zero attached hydrogens (tertiary/aromatic N) is 1. The third-order valence-electron chi connectivity index (χ3n) is 5.47. The summed E-state index contributed by atoms with van der Waals surface area (Å²) in [6.07, 6.45) is 0.0834. The molecular weight excluding hydrogens is 344 g/mol. The largest absolute Gasteiger partial charge is 0.481 e. The van der Waals surface area contributed by atoms with E-state index in [-0.39, 0.29) is 30.7 Å². The number of benzene rings is 2. The van der Waals surface area contributed by atoms with Gasteiger partial charge in [0.25, 0.3) is 0 Å². The Labute approximate surface area is 156 Å². The molecule has 4 rings (SSSR count). The summed E-state index contributed by atoms with van der Waals surface area (Å²) in [6.45, 7) is 0.508. The highest BCUT2D eigenvalue weighted by Crippen LogP contribution is 2.38. The maximum atomic E-state index is 13.2. The van der Waals surface area contributed by atoms with Crippen LogP contribution in [0.2, 0.25) is 0 Å². The predicted molar refractivity (Wildman–Crippen MR) is 99.3 cm³/mol. The molecule has 0 aromatic heterocycles. The quantitative estimate of drug-likeness (QED) is 0.876. The number of para-hydroxylation sites is 1. The van der Waals surface area contributed by atoms with E-state index in [2.05, 4.69) is 5.32 Å². The minimum atomic E-state index is -0.902. The van der Waals surface area contributed by atoms with E-state index in [4.69, 9.17) is 0 Å². The predicted octanol–water partition coefficient (Wildman–Crippen LogP) is 2.44. The molecule has 3 atom stereocenters. The van der Waals surface area contributed by atoms with Crippen molar-refractivity contribution in [3.05, 3.63) is 65.7 Å². The molecule has 27 heavy (non-hydrogen) atoms. The van der Waals surface area contributed by atoms with Gasteiger partial charge in [-0.25, -0.2) is 0 Å². The number of rotatable bonds is 3. The van der Waals surface area contributed by atoms with E-state index in [9.17, 15) is 19.5 Å². The highest BCUT2D eigenvalue weighted by molar-refractivity contribution is 6.01. The molecule has 2 aromatic rings. The fourth-order valence-corrected chi connectivity index (χ4v) is 4.12. The molecule has 0 radical (unpaired) electrons. The summed E-state index contributed by atoms with van der Waals surface area (Å²) >= 11 is 0. The van der Waals surface area contributed by atoms with Crippen LogP contribution < -0.4 is 5.32 Å². The zero-order chi connectivity index (χ0) is 19.0. The lowest BCUT2D eigenvalue weighted by molar-refractivity contribution is -0.142. The van der Waals surface area contributed by atoms with Crippen LogP contribution in [0.1, 0.15) is 29.4 Å². The van der Waals surface area contributed by atoms with Crippen LogP contribution in [0.5, 0.6) is 0 Å². The normalized spacial score (nSPS) is 24.2. The molecule has 2 aromatic carbocycles. The second kappa shape index (κ2) is 6.87. The number of carboxylic acids is 1. The van der Waals surface area contributed by atoms with Gasteiger partial charge in [-0.3, -0.25) is 14.4 Å². The number of aliphatic carboxylic acids is 1. The molecule has 1 unspecified atom stereocenters. The monoisotopic (exact) mass is 364 g/mol. The maximum absolute atomic E-state index is 13.2. The molecule has 2 aliphatic rings. The van der Waals surface area contributed by atoms with Crippen LogP contribution in [0.4, 0.5) is 5.69 Å². The van der Waals surface area contributed by atoms with Crippen molar-refractivity contribution in [1.82, 2.24) is 4.90 Å². The molecule has 0 saturated carbocycles. The number of likely N-dealkylation sites (tertiary alicyclic amines) is 1. The van der Waals surface area contributed by atoms with Gasteiger partial charge < -0.3 is 15.3 Å². The van der Waals surface area contributed by atoms with E-state index in [0.29, 0.717) is 12.2 Å². The Morgan fingerprint density at radius 1 is 1.00 bits per heavy atom. The van der Waals surface area contributed by atoms with Crippen LogP contribution in [0.25, 0.3) is 0 Å². The second-order valence-corrected chi connectivity index (χ2v) is 7.10. The summed E-state index contributed by atoms with van der Waals surface area (Å²) in [4.78, 5) is 38.6. The zero-order valence-corrected chi connectivity index (χ0v) is 14.7. The van der Waals surface area contributed by atoms with Crippen molar-refractivity contribution in [3.63, 3.8) is 0 Å². The fourth-order valence-electron chi connectivity index (χ4n) is 4.12. The number of anilines is 1. The number of hydrogen-bond donors (Lipinski definition) is 2. The molecule has 1 fully saturated rings. The highest BCUT2D eigenvalue weighted by atomic mass is 16.4. The summed E-state index contributed by atoms with van der Waals surface area (Å²) < 4.78 is 0. The van der Waals surface area contributed by atoms with Gasteiger partial charge in [0.1, 0.15) is 0 Å². The third-order valence-corrected chi connectivity index (χ3v) is 5.47. The first kappa shape index (κ1) is 17.3. The van der Waals surface area contributed by atoms with Gasteiger partial charge in [0.2, 0.25) is 11.8 Å². The average molecular weight is 364 g/mol. The number of carboxylic acid groups (broad SMARTS) is 1. The molecule has 138 valence electrons. The third kappa shape index (κ3) is 3.18. The molecule has 6 nitrogen and oxygen atoms in total. The standard InChI is InChI=1S/C21H20N2O4/c24-19-10-15(14-8-4-5-9-18(14)22-19)20(25)23-11-16(17(12-23)21(26)27)13-6-2-1-3-7-13/h1-9,15-17H,10-12H2,(H,22,24)(H,26,27)/t15?,16-,17-/m1/s1. The van der Waals surface area contributed by atoms with Crippen molar-refractivity contribution in [2.24, 2.45) is 5.92 Å². The van der Waals surface area contributed by atoms with Crippen LogP contribution in [-0.2, 0) is 14.4 Å². The Hall–Kier alpha value is -3.15. The summed E-state index contributed by atoms with van der Waals surface area (Å²) in [6, 6.07) is 16.7. The second-order valence-electron chi connectivity index (χ2n) is 7.10. The molecule has 2 N–H and O–H groups in total. The van der Waals surface area contributed by atoms with Crippen molar-refractivity contribution in [3.8, 4) is 0 Å². The van der Waals surface area contributed by atoms with Gasteiger partial charge in [-0.1, -0.05) is 48.5 Å². The van der Waals surface area contributed by atoms with Gasteiger partial charge >= 0.3 is 5.97 Å². The van der Waals surface area contributed by atoms with Gasteiger partial charge in [-0.15, -0.1) is 0 Å². The lowest BCUT2D eigenvalue weighted by Crippen LogP contribution is -2.37. The van der Waals surface area contributed by atoms with E-state index >= 15 is 0 Å². The van der Waals surface area contributed by atoms with Gasteiger partial charge in [0.15, 0.2) is 0 Å². The fraction of sp³-hybridized carbons (Fsp3) is 0.286. The summed E-state index contributed by atoms with van der Waals surface area (Å²) in [5.74, 6) is -2.74. The number of carbonyl (C=O) groups excluding carboxylic acids is 2. The Morgan fingerprint density at radius 3 is 2.44 bits per heavy atom. The van der Waals surface area contributed by atoms with E-state index in [1.165, 1.54) is 0 Å². The van der Waals surface area contributed by atoms with Crippen LogP contribution in [-0.4, -0.2) is 40.9 Å². The molecule has 2 heterocycles. The molecular formula is C21H20N2O4. The van der Waals surface area contributed by atoms with Gasteiger partial charge in [-0.2, -0.15) is 0 Å².